The van der Waals surface area contributed by atoms with Crippen LogP contribution in [0.5, 0.6) is 0 Å². The molecule has 1 aromatic heterocycles. The number of nitrogens with one attached hydrogen (secondary N) is 1. The fraction of sp³-hybridized carbons (Fsp3) is 0.625. The zero-order chi connectivity index (χ0) is 14.3. The van der Waals surface area contributed by atoms with Crippen molar-refractivity contribution in [2.75, 3.05) is 13.6 Å². The summed E-state index contributed by atoms with van der Waals surface area (Å²) in [7, 11) is 2.13. The monoisotopic (exact) mass is 264 g/mol. The standard InChI is InChI=1S/C16H28N2O/c1-6-7-8-9-18(5)12-15-10-14(4)16(19-15)11-17-13(2)3/h6,10,13,17H,1,7-9,11-12H2,2-5H3. The summed E-state index contributed by atoms with van der Waals surface area (Å²) in [5.74, 6) is 2.11. The molecular weight excluding hydrogens is 236 g/mol. The molecule has 3 heteroatoms. The van der Waals surface area contributed by atoms with Crippen molar-refractivity contribution in [2.24, 2.45) is 0 Å². The van der Waals surface area contributed by atoms with Gasteiger partial charge in [-0.15, -0.1) is 6.58 Å². The highest BCUT2D eigenvalue weighted by molar-refractivity contribution is 5.20. The third kappa shape index (κ3) is 6.08. The molecule has 1 rings (SSSR count). The molecule has 0 saturated carbocycles. The Hall–Kier alpha value is -1.06. The van der Waals surface area contributed by atoms with Gasteiger partial charge in [0.15, 0.2) is 0 Å². The summed E-state index contributed by atoms with van der Waals surface area (Å²) in [6.45, 7) is 12.9. The first kappa shape index (κ1) is 16.0. The SMILES string of the molecule is C=CCCCN(C)Cc1cc(C)c(CNC(C)C)o1. The molecule has 1 N–H and O–H groups in total. The van der Waals surface area contributed by atoms with Crippen molar-refractivity contribution in [3.63, 3.8) is 0 Å². The topological polar surface area (TPSA) is 28.4 Å². The Morgan fingerprint density at radius 3 is 2.84 bits per heavy atom. The maximum atomic E-state index is 5.92. The van der Waals surface area contributed by atoms with E-state index >= 15 is 0 Å². The second-order valence-electron chi connectivity index (χ2n) is 5.52. The van der Waals surface area contributed by atoms with E-state index in [4.69, 9.17) is 4.42 Å². The van der Waals surface area contributed by atoms with Gasteiger partial charge in [0.05, 0.1) is 13.1 Å². The van der Waals surface area contributed by atoms with E-state index in [0.717, 1.165) is 44.0 Å². The number of aryl methyl sites for hydroxylation is 1. The molecule has 0 atom stereocenters. The third-order valence-electron chi connectivity index (χ3n) is 3.12. The van der Waals surface area contributed by atoms with Gasteiger partial charge < -0.3 is 9.73 Å². The van der Waals surface area contributed by atoms with Gasteiger partial charge in [-0.3, -0.25) is 4.90 Å². The number of allylic oxidation sites excluding steroid dienone is 1. The van der Waals surface area contributed by atoms with Gasteiger partial charge in [0.25, 0.3) is 0 Å². The average molecular weight is 264 g/mol. The van der Waals surface area contributed by atoms with Crippen molar-refractivity contribution < 1.29 is 4.42 Å². The molecule has 1 heterocycles. The first-order valence-electron chi connectivity index (χ1n) is 7.14. The van der Waals surface area contributed by atoms with Crippen LogP contribution in [0.25, 0.3) is 0 Å². The summed E-state index contributed by atoms with van der Waals surface area (Å²) in [5.41, 5.74) is 1.24. The number of unbranched alkanes of at least 4 members (excludes halogenated alkanes) is 1. The van der Waals surface area contributed by atoms with Gasteiger partial charge in [-0.2, -0.15) is 0 Å². The van der Waals surface area contributed by atoms with Crippen LogP contribution in [0.2, 0.25) is 0 Å². The van der Waals surface area contributed by atoms with Crippen LogP contribution in [0.3, 0.4) is 0 Å². The normalized spacial score (nSPS) is 11.5. The average Bonchev–Trinajstić information content (AvgIpc) is 2.67. The summed E-state index contributed by atoms with van der Waals surface area (Å²) >= 11 is 0. The van der Waals surface area contributed by atoms with E-state index in [1.807, 2.05) is 6.08 Å². The molecule has 0 aromatic carbocycles. The fourth-order valence-corrected chi connectivity index (χ4v) is 1.99. The quantitative estimate of drug-likeness (QED) is 0.547. The Morgan fingerprint density at radius 1 is 1.47 bits per heavy atom. The van der Waals surface area contributed by atoms with E-state index in [0.29, 0.717) is 6.04 Å². The van der Waals surface area contributed by atoms with Crippen LogP contribution in [-0.4, -0.2) is 24.5 Å². The van der Waals surface area contributed by atoms with Crippen LogP contribution >= 0.6 is 0 Å². The lowest BCUT2D eigenvalue weighted by molar-refractivity contribution is 0.286. The molecule has 0 aliphatic carbocycles. The molecular formula is C16H28N2O. The van der Waals surface area contributed by atoms with Crippen molar-refractivity contribution >= 4 is 0 Å². The van der Waals surface area contributed by atoms with Gasteiger partial charge in [-0.05, 0) is 45.0 Å². The van der Waals surface area contributed by atoms with E-state index in [2.05, 4.69) is 50.7 Å². The van der Waals surface area contributed by atoms with Crippen LogP contribution in [0, 0.1) is 6.92 Å². The number of furan rings is 1. The Balaban J connectivity index is 2.45. The second kappa shape index (κ2) is 8.18. The Bertz CT molecular complexity index is 382. The highest BCUT2D eigenvalue weighted by Gasteiger charge is 2.09. The molecule has 0 fully saturated rings. The minimum Gasteiger partial charge on any atom is -0.463 e. The molecule has 0 unspecified atom stereocenters. The highest BCUT2D eigenvalue weighted by atomic mass is 16.3. The van der Waals surface area contributed by atoms with E-state index in [1.54, 1.807) is 0 Å². The maximum absolute atomic E-state index is 5.92. The van der Waals surface area contributed by atoms with Gasteiger partial charge >= 0.3 is 0 Å². The lowest BCUT2D eigenvalue weighted by Gasteiger charge is -2.14. The molecule has 19 heavy (non-hydrogen) atoms. The van der Waals surface area contributed by atoms with Crippen molar-refractivity contribution in [3.05, 3.63) is 35.8 Å². The van der Waals surface area contributed by atoms with Crippen LogP contribution in [0.4, 0.5) is 0 Å². The highest BCUT2D eigenvalue weighted by Crippen LogP contribution is 2.16. The molecule has 0 radical (unpaired) electrons. The van der Waals surface area contributed by atoms with Crippen molar-refractivity contribution in [1.29, 1.82) is 0 Å². The van der Waals surface area contributed by atoms with Crippen LogP contribution in [-0.2, 0) is 13.1 Å². The predicted octanol–water partition coefficient (Wildman–Crippen LogP) is 3.48. The van der Waals surface area contributed by atoms with Gasteiger partial charge in [0.2, 0.25) is 0 Å². The van der Waals surface area contributed by atoms with Crippen LogP contribution < -0.4 is 5.32 Å². The first-order valence-corrected chi connectivity index (χ1v) is 7.14. The molecule has 0 aliphatic rings. The molecule has 0 aliphatic heterocycles. The van der Waals surface area contributed by atoms with Gasteiger partial charge in [-0.1, -0.05) is 19.9 Å². The lowest BCUT2D eigenvalue weighted by Crippen LogP contribution is -2.21. The molecule has 0 bridgehead atoms. The maximum Gasteiger partial charge on any atom is 0.120 e. The second-order valence-corrected chi connectivity index (χ2v) is 5.52. The minimum atomic E-state index is 0.481. The summed E-state index contributed by atoms with van der Waals surface area (Å²) in [6.07, 6.45) is 4.20. The van der Waals surface area contributed by atoms with Gasteiger partial charge in [-0.25, -0.2) is 0 Å². The molecule has 1 aromatic rings. The predicted molar refractivity (Wildman–Crippen MR) is 81.2 cm³/mol. The van der Waals surface area contributed by atoms with E-state index < -0.39 is 0 Å². The molecule has 0 saturated heterocycles. The van der Waals surface area contributed by atoms with E-state index in [9.17, 15) is 0 Å². The Labute approximate surface area is 117 Å². The number of rotatable bonds is 9. The zero-order valence-electron chi connectivity index (χ0n) is 12.8. The number of nitrogens with zero attached hydrogens (tertiary/aromatic N) is 1. The van der Waals surface area contributed by atoms with Gasteiger partial charge in [0.1, 0.15) is 11.5 Å². The van der Waals surface area contributed by atoms with Crippen molar-refractivity contribution in [1.82, 2.24) is 10.2 Å². The molecule has 0 spiro atoms. The smallest absolute Gasteiger partial charge is 0.120 e. The lowest BCUT2D eigenvalue weighted by atomic mass is 10.2. The summed E-state index contributed by atoms with van der Waals surface area (Å²) in [5, 5.41) is 3.39. The van der Waals surface area contributed by atoms with Crippen molar-refractivity contribution in [3.8, 4) is 0 Å². The number of hydrogen-bond donors (Lipinski definition) is 1. The summed E-state index contributed by atoms with van der Waals surface area (Å²) in [4.78, 5) is 2.29. The molecule has 108 valence electrons. The third-order valence-corrected chi connectivity index (χ3v) is 3.12. The number of hydrogen-bond acceptors (Lipinski definition) is 3. The van der Waals surface area contributed by atoms with E-state index in [1.165, 1.54) is 5.56 Å². The zero-order valence-corrected chi connectivity index (χ0v) is 12.8. The van der Waals surface area contributed by atoms with Crippen molar-refractivity contribution in [2.45, 2.75) is 52.7 Å². The first-order chi connectivity index (χ1) is 9.02. The molecule has 0 amide bonds. The summed E-state index contributed by atoms with van der Waals surface area (Å²) in [6, 6.07) is 2.64. The van der Waals surface area contributed by atoms with Crippen LogP contribution in [0.1, 0.15) is 43.8 Å². The Morgan fingerprint density at radius 2 is 2.21 bits per heavy atom. The minimum absolute atomic E-state index is 0.481. The fourth-order valence-electron chi connectivity index (χ4n) is 1.99. The molecule has 3 nitrogen and oxygen atoms in total. The summed E-state index contributed by atoms with van der Waals surface area (Å²) < 4.78 is 5.92. The largest absolute Gasteiger partial charge is 0.463 e. The van der Waals surface area contributed by atoms with Gasteiger partial charge in [0, 0.05) is 6.04 Å². The van der Waals surface area contributed by atoms with E-state index in [-0.39, 0.29) is 0 Å². The Kier molecular flexibility index (Phi) is 6.89. The van der Waals surface area contributed by atoms with Crippen LogP contribution in [0.15, 0.2) is 23.1 Å².